The van der Waals surface area contributed by atoms with Crippen LogP contribution in [0.25, 0.3) is 0 Å². The number of carbonyl (C=O) groups is 1. The van der Waals surface area contributed by atoms with E-state index in [0.29, 0.717) is 16.6 Å². The molecule has 0 unspecified atom stereocenters. The van der Waals surface area contributed by atoms with E-state index < -0.39 is 0 Å². The van der Waals surface area contributed by atoms with Crippen molar-refractivity contribution in [2.24, 2.45) is 0 Å². The third-order valence-corrected chi connectivity index (χ3v) is 3.57. The first-order valence-electron chi connectivity index (χ1n) is 6.29. The van der Waals surface area contributed by atoms with E-state index in [1.807, 2.05) is 17.7 Å². The molecule has 1 aromatic heterocycles. The Morgan fingerprint density at radius 1 is 1.50 bits per heavy atom. The van der Waals surface area contributed by atoms with Gasteiger partial charge in [-0.15, -0.1) is 0 Å². The maximum Gasteiger partial charge on any atom is 0.251 e. The van der Waals surface area contributed by atoms with Crippen molar-refractivity contribution in [3.8, 4) is 0 Å². The number of rotatable bonds is 5. The van der Waals surface area contributed by atoms with Crippen LogP contribution in [-0.2, 0) is 6.54 Å². The minimum Gasteiger partial charge on any atom is -0.352 e. The number of imidazole rings is 1. The molecule has 106 valence electrons. The number of carbonyl (C=O) groups excluding carboxylic acids is 1. The summed E-state index contributed by atoms with van der Waals surface area (Å²) in [4.78, 5) is 16.0. The van der Waals surface area contributed by atoms with Gasteiger partial charge in [0.05, 0.1) is 4.47 Å². The van der Waals surface area contributed by atoms with Crippen molar-refractivity contribution in [3.63, 3.8) is 0 Å². The molecule has 0 bridgehead atoms. The molecule has 2 aromatic rings. The summed E-state index contributed by atoms with van der Waals surface area (Å²) in [6, 6.07) is 4.22. The van der Waals surface area contributed by atoms with Crippen molar-refractivity contribution < 1.29 is 9.18 Å². The van der Waals surface area contributed by atoms with Gasteiger partial charge in [0, 0.05) is 31.0 Å². The van der Waals surface area contributed by atoms with Crippen molar-refractivity contribution in [3.05, 3.63) is 52.3 Å². The number of aryl methyl sites for hydroxylation is 2. The zero-order valence-electron chi connectivity index (χ0n) is 11.1. The average molecular weight is 340 g/mol. The lowest BCUT2D eigenvalue weighted by Crippen LogP contribution is -2.25. The van der Waals surface area contributed by atoms with E-state index in [-0.39, 0.29) is 11.7 Å². The predicted molar refractivity (Wildman–Crippen MR) is 78.0 cm³/mol. The number of benzene rings is 1. The molecule has 0 saturated carbocycles. The molecule has 0 fully saturated rings. The maximum atomic E-state index is 13.1. The summed E-state index contributed by atoms with van der Waals surface area (Å²) in [5.41, 5.74) is 0.442. The van der Waals surface area contributed by atoms with Crippen LogP contribution in [-0.4, -0.2) is 22.0 Å². The van der Waals surface area contributed by atoms with Crippen LogP contribution in [0.1, 0.15) is 22.6 Å². The standard InChI is InChI=1S/C14H15BrFN3O/c1-10-17-6-8-19(10)7-2-5-18-14(20)11-3-4-13(16)12(15)9-11/h3-4,6,8-9H,2,5,7H2,1H3,(H,18,20). The molecule has 1 aromatic carbocycles. The van der Waals surface area contributed by atoms with Gasteiger partial charge in [-0.2, -0.15) is 0 Å². The Bertz CT molecular complexity index is 612. The summed E-state index contributed by atoms with van der Waals surface area (Å²) in [6.07, 6.45) is 4.48. The zero-order valence-corrected chi connectivity index (χ0v) is 12.7. The number of hydrogen-bond acceptors (Lipinski definition) is 2. The Labute approximate surface area is 125 Å². The Balaban J connectivity index is 1.80. The quantitative estimate of drug-likeness (QED) is 0.851. The van der Waals surface area contributed by atoms with Crippen LogP contribution in [0.2, 0.25) is 0 Å². The minimum atomic E-state index is -0.378. The Morgan fingerprint density at radius 3 is 2.95 bits per heavy atom. The zero-order chi connectivity index (χ0) is 14.5. The van der Waals surface area contributed by atoms with Gasteiger partial charge in [-0.05, 0) is 47.5 Å². The van der Waals surface area contributed by atoms with Crippen LogP contribution < -0.4 is 5.32 Å². The highest BCUT2D eigenvalue weighted by Gasteiger charge is 2.07. The molecule has 1 N–H and O–H groups in total. The molecule has 0 spiro atoms. The summed E-state index contributed by atoms with van der Waals surface area (Å²) in [5.74, 6) is 0.379. The van der Waals surface area contributed by atoms with Crippen LogP contribution in [0.3, 0.4) is 0 Å². The van der Waals surface area contributed by atoms with Crippen LogP contribution in [0.5, 0.6) is 0 Å². The van der Waals surface area contributed by atoms with Gasteiger partial charge in [0.25, 0.3) is 5.91 Å². The highest BCUT2D eigenvalue weighted by atomic mass is 79.9. The molecular weight excluding hydrogens is 325 g/mol. The van der Waals surface area contributed by atoms with Gasteiger partial charge in [-0.25, -0.2) is 9.37 Å². The van der Waals surface area contributed by atoms with Crippen molar-refractivity contribution in [1.29, 1.82) is 0 Å². The number of hydrogen-bond donors (Lipinski definition) is 1. The normalized spacial score (nSPS) is 10.6. The predicted octanol–water partition coefficient (Wildman–Crippen LogP) is 2.91. The van der Waals surface area contributed by atoms with Crippen LogP contribution in [0.4, 0.5) is 4.39 Å². The lowest BCUT2D eigenvalue weighted by molar-refractivity contribution is 0.0952. The van der Waals surface area contributed by atoms with Gasteiger partial charge < -0.3 is 9.88 Å². The molecule has 1 amide bonds. The van der Waals surface area contributed by atoms with Gasteiger partial charge in [0.1, 0.15) is 11.6 Å². The third-order valence-electron chi connectivity index (χ3n) is 2.97. The lowest BCUT2D eigenvalue weighted by Gasteiger charge is -2.07. The van der Waals surface area contributed by atoms with Gasteiger partial charge >= 0.3 is 0 Å². The summed E-state index contributed by atoms with van der Waals surface area (Å²) in [5, 5.41) is 2.81. The van der Waals surface area contributed by atoms with E-state index in [4.69, 9.17) is 0 Å². The third kappa shape index (κ3) is 3.66. The fourth-order valence-electron chi connectivity index (χ4n) is 1.83. The Kier molecular flexibility index (Phi) is 4.89. The molecular formula is C14H15BrFN3O. The summed E-state index contributed by atoms with van der Waals surface area (Å²) < 4.78 is 15.4. The monoisotopic (exact) mass is 339 g/mol. The summed E-state index contributed by atoms with van der Waals surface area (Å²) >= 11 is 3.07. The van der Waals surface area contributed by atoms with Crippen molar-refractivity contribution >= 4 is 21.8 Å². The van der Waals surface area contributed by atoms with Crippen LogP contribution in [0, 0.1) is 12.7 Å². The molecule has 1 heterocycles. The number of nitrogens with zero attached hydrogens (tertiary/aromatic N) is 2. The van der Waals surface area contributed by atoms with Gasteiger partial charge in [0.15, 0.2) is 0 Å². The Morgan fingerprint density at radius 2 is 2.30 bits per heavy atom. The Hall–Kier alpha value is -1.69. The molecule has 6 heteroatoms. The topological polar surface area (TPSA) is 46.9 Å². The van der Waals surface area contributed by atoms with E-state index in [2.05, 4.69) is 26.2 Å². The smallest absolute Gasteiger partial charge is 0.251 e. The van der Waals surface area contributed by atoms with Crippen LogP contribution in [0.15, 0.2) is 35.1 Å². The van der Waals surface area contributed by atoms with Crippen LogP contribution >= 0.6 is 15.9 Å². The highest BCUT2D eigenvalue weighted by Crippen LogP contribution is 2.16. The van der Waals surface area contributed by atoms with Gasteiger partial charge in [-0.1, -0.05) is 0 Å². The number of halogens is 2. The second-order valence-corrected chi connectivity index (χ2v) is 5.26. The molecule has 0 radical (unpaired) electrons. The second kappa shape index (κ2) is 6.65. The first-order valence-corrected chi connectivity index (χ1v) is 7.08. The first-order chi connectivity index (χ1) is 9.58. The van der Waals surface area contributed by atoms with E-state index in [0.717, 1.165) is 18.8 Å². The van der Waals surface area contributed by atoms with Crippen molar-refractivity contribution in [2.75, 3.05) is 6.54 Å². The molecule has 0 aliphatic heterocycles. The molecule has 20 heavy (non-hydrogen) atoms. The molecule has 0 aliphatic rings. The maximum absolute atomic E-state index is 13.1. The number of nitrogens with one attached hydrogen (secondary N) is 1. The summed E-state index contributed by atoms with van der Waals surface area (Å²) in [7, 11) is 0. The molecule has 4 nitrogen and oxygen atoms in total. The number of amides is 1. The lowest BCUT2D eigenvalue weighted by atomic mass is 10.2. The molecule has 0 saturated heterocycles. The van der Waals surface area contributed by atoms with Crippen molar-refractivity contribution in [2.45, 2.75) is 19.9 Å². The molecule has 0 atom stereocenters. The van der Waals surface area contributed by atoms with Crippen molar-refractivity contribution in [1.82, 2.24) is 14.9 Å². The van der Waals surface area contributed by atoms with Gasteiger partial charge in [-0.3, -0.25) is 4.79 Å². The largest absolute Gasteiger partial charge is 0.352 e. The van der Waals surface area contributed by atoms with E-state index in [1.54, 1.807) is 6.20 Å². The number of aromatic nitrogens is 2. The fraction of sp³-hybridized carbons (Fsp3) is 0.286. The highest BCUT2D eigenvalue weighted by molar-refractivity contribution is 9.10. The summed E-state index contributed by atoms with van der Waals surface area (Å²) in [6.45, 7) is 3.30. The molecule has 0 aliphatic carbocycles. The van der Waals surface area contributed by atoms with E-state index in [9.17, 15) is 9.18 Å². The van der Waals surface area contributed by atoms with Gasteiger partial charge in [0.2, 0.25) is 0 Å². The van der Waals surface area contributed by atoms with E-state index in [1.165, 1.54) is 18.2 Å². The first kappa shape index (κ1) is 14.7. The average Bonchev–Trinajstić information content (AvgIpc) is 2.83. The second-order valence-electron chi connectivity index (χ2n) is 4.41. The molecule has 2 rings (SSSR count). The van der Waals surface area contributed by atoms with E-state index >= 15 is 0 Å². The minimum absolute atomic E-state index is 0.201. The fourth-order valence-corrected chi connectivity index (χ4v) is 2.21. The SMILES string of the molecule is Cc1nccn1CCCNC(=O)c1ccc(F)c(Br)c1.